The first kappa shape index (κ1) is 8.91. The van der Waals surface area contributed by atoms with E-state index in [1.807, 2.05) is 0 Å². The number of rotatable bonds is 1. The van der Waals surface area contributed by atoms with Crippen molar-refractivity contribution in [1.29, 1.82) is 0 Å². The van der Waals surface area contributed by atoms with E-state index in [1.165, 1.54) is 0 Å². The molecule has 0 spiro atoms. The van der Waals surface area contributed by atoms with Crippen LogP contribution in [0.2, 0.25) is 5.15 Å². The summed E-state index contributed by atoms with van der Waals surface area (Å²) in [6.45, 7) is 2.06. The molecule has 4 heteroatoms. The number of nitrogens with zero attached hydrogens (tertiary/aromatic N) is 2. The Morgan fingerprint density at radius 2 is 2.38 bits per heavy atom. The smallest absolute Gasteiger partial charge is 0.158 e. The van der Waals surface area contributed by atoms with E-state index in [9.17, 15) is 0 Å². The van der Waals surface area contributed by atoms with Crippen LogP contribution in [0.4, 0.5) is 0 Å². The molecule has 0 amide bonds. The molecule has 0 radical (unpaired) electrons. The standard InChI is InChI=1S/C9H11ClN2O/c1-6-2-3-7(13-6)9-11-5-4-8(10)12-9/h4-7H,2-3H2,1H3. The predicted molar refractivity (Wildman–Crippen MR) is 49.6 cm³/mol. The minimum absolute atomic E-state index is 0.0358. The summed E-state index contributed by atoms with van der Waals surface area (Å²) in [6.07, 6.45) is 4.07. The molecule has 1 saturated heterocycles. The van der Waals surface area contributed by atoms with Gasteiger partial charge in [-0.3, -0.25) is 0 Å². The molecule has 1 aliphatic heterocycles. The van der Waals surface area contributed by atoms with Crippen LogP contribution in [-0.2, 0) is 4.74 Å². The Morgan fingerprint density at radius 1 is 1.54 bits per heavy atom. The van der Waals surface area contributed by atoms with E-state index < -0.39 is 0 Å². The van der Waals surface area contributed by atoms with E-state index in [0.29, 0.717) is 17.1 Å². The van der Waals surface area contributed by atoms with Gasteiger partial charge in [-0.1, -0.05) is 11.6 Å². The van der Waals surface area contributed by atoms with Gasteiger partial charge in [0.25, 0.3) is 0 Å². The maximum atomic E-state index is 5.75. The van der Waals surface area contributed by atoms with E-state index in [-0.39, 0.29) is 6.10 Å². The molecular formula is C9H11ClN2O. The average molecular weight is 199 g/mol. The first-order valence-electron chi connectivity index (χ1n) is 4.39. The molecule has 1 aromatic rings. The molecule has 1 fully saturated rings. The molecule has 3 nitrogen and oxygen atoms in total. The van der Waals surface area contributed by atoms with Gasteiger partial charge in [0.1, 0.15) is 11.3 Å². The molecule has 13 heavy (non-hydrogen) atoms. The minimum Gasteiger partial charge on any atom is -0.367 e. The molecule has 1 aromatic heterocycles. The second kappa shape index (κ2) is 3.60. The fraction of sp³-hybridized carbons (Fsp3) is 0.556. The van der Waals surface area contributed by atoms with Crippen LogP contribution in [0.5, 0.6) is 0 Å². The van der Waals surface area contributed by atoms with Gasteiger partial charge < -0.3 is 4.74 Å². The number of halogens is 1. The van der Waals surface area contributed by atoms with Crippen molar-refractivity contribution in [2.24, 2.45) is 0 Å². The van der Waals surface area contributed by atoms with Crippen LogP contribution >= 0.6 is 11.6 Å². The Bertz CT molecular complexity index is 305. The molecule has 70 valence electrons. The zero-order valence-electron chi connectivity index (χ0n) is 7.40. The summed E-state index contributed by atoms with van der Waals surface area (Å²) in [5, 5.41) is 0.480. The highest BCUT2D eigenvalue weighted by molar-refractivity contribution is 6.29. The Morgan fingerprint density at radius 3 is 3.00 bits per heavy atom. The first-order chi connectivity index (χ1) is 6.25. The van der Waals surface area contributed by atoms with E-state index in [0.717, 1.165) is 12.8 Å². The van der Waals surface area contributed by atoms with E-state index in [4.69, 9.17) is 16.3 Å². The lowest BCUT2D eigenvalue weighted by Crippen LogP contribution is -2.04. The van der Waals surface area contributed by atoms with Gasteiger partial charge in [0.2, 0.25) is 0 Å². The number of aromatic nitrogens is 2. The topological polar surface area (TPSA) is 35.0 Å². The van der Waals surface area contributed by atoms with Gasteiger partial charge >= 0.3 is 0 Å². The Balaban J connectivity index is 2.16. The summed E-state index contributed by atoms with van der Waals surface area (Å²) in [4.78, 5) is 8.25. The summed E-state index contributed by atoms with van der Waals surface area (Å²) in [7, 11) is 0. The average Bonchev–Trinajstić information content (AvgIpc) is 2.52. The third-order valence-electron chi connectivity index (χ3n) is 2.16. The lowest BCUT2D eigenvalue weighted by molar-refractivity contribution is 0.0503. The highest BCUT2D eigenvalue weighted by atomic mass is 35.5. The molecule has 2 unspecified atom stereocenters. The predicted octanol–water partition coefficient (Wildman–Crippen LogP) is 2.37. The van der Waals surface area contributed by atoms with E-state index in [1.54, 1.807) is 12.3 Å². The third-order valence-corrected chi connectivity index (χ3v) is 2.37. The monoisotopic (exact) mass is 198 g/mol. The zero-order valence-corrected chi connectivity index (χ0v) is 8.16. The van der Waals surface area contributed by atoms with Crippen LogP contribution < -0.4 is 0 Å². The number of hydrogen-bond donors (Lipinski definition) is 0. The summed E-state index contributed by atoms with van der Waals surface area (Å²) in [6, 6.07) is 1.67. The molecule has 0 saturated carbocycles. The first-order valence-corrected chi connectivity index (χ1v) is 4.77. The molecule has 0 aliphatic carbocycles. The maximum Gasteiger partial charge on any atom is 0.158 e. The Labute approximate surface area is 82.1 Å². The highest BCUT2D eigenvalue weighted by Gasteiger charge is 2.25. The van der Waals surface area contributed by atoms with Crippen LogP contribution in [0.3, 0.4) is 0 Å². The van der Waals surface area contributed by atoms with Crippen LogP contribution in [0.1, 0.15) is 31.7 Å². The molecule has 0 aromatic carbocycles. The normalized spacial score (nSPS) is 27.8. The SMILES string of the molecule is CC1CCC(c2nccc(Cl)n2)O1. The fourth-order valence-corrected chi connectivity index (χ4v) is 1.64. The van der Waals surface area contributed by atoms with Crippen molar-refractivity contribution in [3.05, 3.63) is 23.2 Å². The highest BCUT2D eigenvalue weighted by Crippen LogP contribution is 2.30. The van der Waals surface area contributed by atoms with Crippen LogP contribution in [-0.4, -0.2) is 16.1 Å². The largest absolute Gasteiger partial charge is 0.367 e. The van der Waals surface area contributed by atoms with Gasteiger partial charge in [0.15, 0.2) is 5.82 Å². The second-order valence-electron chi connectivity index (χ2n) is 3.25. The second-order valence-corrected chi connectivity index (χ2v) is 3.64. The van der Waals surface area contributed by atoms with Crippen molar-refractivity contribution in [2.75, 3.05) is 0 Å². The summed E-state index contributed by atoms with van der Waals surface area (Å²) in [5.41, 5.74) is 0. The van der Waals surface area contributed by atoms with Crippen molar-refractivity contribution in [1.82, 2.24) is 9.97 Å². The van der Waals surface area contributed by atoms with E-state index >= 15 is 0 Å². The third kappa shape index (κ3) is 1.98. The maximum absolute atomic E-state index is 5.75. The lowest BCUT2D eigenvalue weighted by Gasteiger charge is -2.08. The lowest BCUT2D eigenvalue weighted by atomic mass is 10.2. The van der Waals surface area contributed by atoms with Gasteiger partial charge in [0, 0.05) is 6.20 Å². The summed E-state index contributed by atoms with van der Waals surface area (Å²) >= 11 is 5.75. The molecule has 0 bridgehead atoms. The Hall–Kier alpha value is -0.670. The van der Waals surface area contributed by atoms with E-state index in [2.05, 4.69) is 16.9 Å². The molecule has 2 atom stereocenters. The summed E-state index contributed by atoms with van der Waals surface area (Å²) in [5.74, 6) is 0.705. The number of ether oxygens (including phenoxy) is 1. The molecule has 0 N–H and O–H groups in total. The summed E-state index contributed by atoms with van der Waals surface area (Å²) < 4.78 is 5.62. The van der Waals surface area contributed by atoms with Crippen LogP contribution in [0.25, 0.3) is 0 Å². The molecular weight excluding hydrogens is 188 g/mol. The molecule has 2 heterocycles. The van der Waals surface area contributed by atoms with Crippen molar-refractivity contribution >= 4 is 11.6 Å². The van der Waals surface area contributed by atoms with Gasteiger partial charge in [0.05, 0.1) is 6.10 Å². The van der Waals surface area contributed by atoms with Gasteiger partial charge in [-0.15, -0.1) is 0 Å². The number of hydrogen-bond acceptors (Lipinski definition) is 3. The quantitative estimate of drug-likeness (QED) is 0.650. The zero-order chi connectivity index (χ0) is 9.26. The van der Waals surface area contributed by atoms with Gasteiger partial charge in [-0.2, -0.15) is 0 Å². The van der Waals surface area contributed by atoms with Crippen LogP contribution in [0, 0.1) is 0 Å². The van der Waals surface area contributed by atoms with Crippen molar-refractivity contribution in [3.8, 4) is 0 Å². The van der Waals surface area contributed by atoms with Crippen molar-refractivity contribution < 1.29 is 4.74 Å². The molecule has 1 aliphatic rings. The Kier molecular flexibility index (Phi) is 2.47. The van der Waals surface area contributed by atoms with Gasteiger partial charge in [-0.25, -0.2) is 9.97 Å². The van der Waals surface area contributed by atoms with Crippen molar-refractivity contribution in [2.45, 2.75) is 32.0 Å². The minimum atomic E-state index is 0.0358. The molecule has 2 rings (SSSR count). The fourth-order valence-electron chi connectivity index (χ4n) is 1.50. The van der Waals surface area contributed by atoms with Crippen LogP contribution in [0.15, 0.2) is 12.3 Å². The van der Waals surface area contributed by atoms with Crippen molar-refractivity contribution in [3.63, 3.8) is 0 Å². The van der Waals surface area contributed by atoms with Gasteiger partial charge in [-0.05, 0) is 25.8 Å².